The molecule has 5 heteroatoms. The van der Waals surface area contributed by atoms with Crippen molar-refractivity contribution in [2.75, 3.05) is 26.8 Å². The SMILES string of the molecule is CC.COC(=O)CNCC1(C)OCCC(C)O1. The van der Waals surface area contributed by atoms with Crippen molar-refractivity contribution in [3.05, 3.63) is 0 Å². The number of ether oxygens (including phenoxy) is 3. The molecule has 2 unspecified atom stereocenters. The van der Waals surface area contributed by atoms with Gasteiger partial charge in [0.15, 0.2) is 5.79 Å². The van der Waals surface area contributed by atoms with E-state index in [0.29, 0.717) is 13.2 Å². The van der Waals surface area contributed by atoms with Gasteiger partial charge in [0.2, 0.25) is 0 Å². The van der Waals surface area contributed by atoms with E-state index in [1.807, 2.05) is 27.7 Å². The molecule has 0 aromatic heterocycles. The first-order valence-electron chi connectivity index (χ1n) is 6.15. The summed E-state index contributed by atoms with van der Waals surface area (Å²) in [6, 6.07) is 0. The van der Waals surface area contributed by atoms with Crippen molar-refractivity contribution in [2.45, 2.75) is 46.0 Å². The van der Waals surface area contributed by atoms with Crippen LogP contribution in [-0.2, 0) is 19.0 Å². The zero-order valence-electron chi connectivity index (χ0n) is 11.5. The van der Waals surface area contributed by atoms with Gasteiger partial charge in [-0.15, -0.1) is 0 Å². The van der Waals surface area contributed by atoms with Crippen LogP contribution >= 0.6 is 0 Å². The van der Waals surface area contributed by atoms with Crippen molar-refractivity contribution >= 4 is 5.97 Å². The van der Waals surface area contributed by atoms with Crippen LogP contribution in [0.1, 0.15) is 34.1 Å². The summed E-state index contributed by atoms with van der Waals surface area (Å²) in [7, 11) is 1.36. The molecule has 17 heavy (non-hydrogen) atoms. The highest BCUT2D eigenvalue weighted by Gasteiger charge is 2.31. The van der Waals surface area contributed by atoms with Crippen LogP contribution in [0.25, 0.3) is 0 Å². The predicted molar refractivity (Wildman–Crippen MR) is 65.8 cm³/mol. The van der Waals surface area contributed by atoms with Gasteiger partial charge in [-0.2, -0.15) is 0 Å². The minimum absolute atomic E-state index is 0.174. The Morgan fingerprint density at radius 3 is 2.71 bits per heavy atom. The zero-order chi connectivity index (χ0) is 13.3. The summed E-state index contributed by atoms with van der Waals surface area (Å²) in [5.74, 6) is -0.923. The lowest BCUT2D eigenvalue weighted by Gasteiger charge is -2.37. The average Bonchev–Trinajstić information content (AvgIpc) is 2.31. The summed E-state index contributed by atoms with van der Waals surface area (Å²) < 4.78 is 15.7. The van der Waals surface area contributed by atoms with E-state index in [2.05, 4.69) is 10.1 Å². The van der Waals surface area contributed by atoms with Gasteiger partial charge in [-0.3, -0.25) is 4.79 Å². The molecule has 0 bridgehead atoms. The topological polar surface area (TPSA) is 56.8 Å². The number of methoxy groups -OCH3 is 1. The molecule has 102 valence electrons. The molecule has 5 nitrogen and oxygen atoms in total. The zero-order valence-corrected chi connectivity index (χ0v) is 11.5. The minimum atomic E-state index is -0.633. The van der Waals surface area contributed by atoms with E-state index in [1.165, 1.54) is 7.11 Å². The minimum Gasteiger partial charge on any atom is -0.468 e. The summed E-state index contributed by atoms with van der Waals surface area (Å²) in [6.07, 6.45) is 1.11. The van der Waals surface area contributed by atoms with Crippen molar-refractivity contribution in [3.63, 3.8) is 0 Å². The molecule has 0 spiro atoms. The molecule has 1 saturated heterocycles. The molecule has 1 rings (SSSR count). The van der Waals surface area contributed by atoms with Crippen molar-refractivity contribution in [2.24, 2.45) is 0 Å². The Morgan fingerprint density at radius 2 is 2.18 bits per heavy atom. The fourth-order valence-electron chi connectivity index (χ4n) is 1.52. The number of rotatable bonds is 4. The number of nitrogens with one attached hydrogen (secondary N) is 1. The monoisotopic (exact) mass is 247 g/mol. The lowest BCUT2D eigenvalue weighted by atomic mass is 10.2. The number of hydrogen-bond acceptors (Lipinski definition) is 5. The molecular formula is C12H25NO4. The molecule has 1 aliphatic heterocycles. The van der Waals surface area contributed by atoms with Crippen LogP contribution in [-0.4, -0.2) is 44.7 Å². The van der Waals surface area contributed by atoms with Crippen LogP contribution in [0.3, 0.4) is 0 Å². The van der Waals surface area contributed by atoms with Crippen LogP contribution in [0.2, 0.25) is 0 Å². The highest BCUT2D eigenvalue weighted by Crippen LogP contribution is 2.21. The maximum Gasteiger partial charge on any atom is 0.319 e. The average molecular weight is 247 g/mol. The molecule has 0 aromatic carbocycles. The summed E-state index contributed by atoms with van der Waals surface area (Å²) in [6.45, 7) is 9.23. The van der Waals surface area contributed by atoms with Gasteiger partial charge in [0.1, 0.15) is 0 Å². The molecule has 1 heterocycles. The molecule has 1 aliphatic rings. The van der Waals surface area contributed by atoms with Crippen LogP contribution < -0.4 is 5.32 Å². The smallest absolute Gasteiger partial charge is 0.319 e. The Morgan fingerprint density at radius 1 is 1.53 bits per heavy atom. The third-order valence-corrected chi connectivity index (χ3v) is 2.33. The Balaban J connectivity index is 0.00000121. The van der Waals surface area contributed by atoms with Gasteiger partial charge in [0.25, 0.3) is 0 Å². The van der Waals surface area contributed by atoms with Gasteiger partial charge in [-0.05, 0) is 20.3 Å². The third-order valence-electron chi connectivity index (χ3n) is 2.33. The molecule has 0 saturated carbocycles. The lowest BCUT2D eigenvalue weighted by molar-refractivity contribution is -0.276. The third kappa shape index (κ3) is 6.61. The van der Waals surface area contributed by atoms with E-state index in [0.717, 1.165) is 6.42 Å². The van der Waals surface area contributed by atoms with Gasteiger partial charge >= 0.3 is 5.97 Å². The highest BCUT2D eigenvalue weighted by molar-refractivity contribution is 5.71. The van der Waals surface area contributed by atoms with E-state index in [9.17, 15) is 4.79 Å². The molecule has 0 aromatic rings. The molecule has 0 amide bonds. The molecule has 1 fully saturated rings. The molecule has 1 N–H and O–H groups in total. The second kappa shape index (κ2) is 8.44. The summed E-state index contributed by atoms with van der Waals surface area (Å²) in [5.41, 5.74) is 0. The quantitative estimate of drug-likeness (QED) is 0.759. The maximum absolute atomic E-state index is 10.9. The first-order valence-corrected chi connectivity index (χ1v) is 6.15. The first kappa shape index (κ1) is 16.4. The van der Waals surface area contributed by atoms with Crippen molar-refractivity contribution in [1.29, 1.82) is 0 Å². The standard InChI is InChI=1S/C10H19NO4.C2H6/c1-8-4-5-14-10(2,15-8)7-11-6-9(12)13-3;1-2/h8,11H,4-7H2,1-3H3;1-2H3. The Labute approximate surface area is 104 Å². The second-order valence-electron chi connectivity index (χ2n) is 3.88. The Kier molecular flexibility index (Phi) is 8.12. The number of carbonyl (C=O) groups is 1. The van der Waals surface area contributed by atoms with E-state index in [1.54, 1.807) is 0 Å². The van der Waals surface area contributed by atoms with Crippen molar-refractivity contribution in [3.8, 4) is 0 Å². The van der Waals surface area contributed by atoms with Crippen LogP contribution in [0.5, 0.6) is 0 Å². The number of esters is 1. The van der Waals surface area contributed by atoms with Gasteiger partial charge in [-0.25, -0.2) is 0 Å². The van der Waals surface area contributed by atoms with Crippen LogP contribution in [0.4, 0.5) is 0 Å². The maximum atomic E-state index is 10.9. The molecule has 0 radical (unpaired) electrons. The van der Waals surface area contributed by atoms with Gasteiger partial charge in [0.05, 0.1) is 26.4 Å². The summed E-state index contributed by atoms with van der Waals surface area (Å²) in [4.78, 5) is 10.9. The first-order chi connectivity index (χ1) is 8.06. The van der Waals surface area contributed by atoms with Gasteiger partial charge in [0, 0.05) is 6.54 Å². The van der Waals surface area contributed by atoms with Gasteiger partial charge < -0.3 is 19.5 Å². The fraction of sp³-hybridized carbons (Fsp3) is 0.917. The number of carbonyl (C=O) groups excluding carboxylic acids is 1. The summed E-state index contributed by atoms with van der Waals surface area (Å²) >= 11 is 0. The van der Waals surface area contributed by atoms with Crippen molar-refractivity contribution < 1.29 is 19.0 Å². The van der Waals surface area contributed by atoms with Gasteiger partial charge in [-0.1, -0.05) is 13.8 Å². The lowest BCUT2D eigenvalue weighted by Crippen LogP contribution is -2.49. The Bertz CT molecular complexity index is 223. The molecule has 2 atom stereocenters. The van der Waals surface area contributed by atoms with Crippen molar-refractivity contribution in [1.82, 2.24) is 5.32 Å². The van der Waals surface area contributed by atoms with Crippen LogP contribution in [0.15, 0.2) is 0 Å². The van der Waals surface area contributed by atoms with E-state index >= 15 is 0 Å². The molecular weight excluding hydrogens is 222 g/mol. The van der Waals surface area contributed by atoms with E-state index in [-0.39, 0.29) is 18.6 Å². The fourth-order valence-corrected chi connectivity index (χ4v) is 1.52. The van der Waals surface area contributed by atoms with E-state index in [4.69, 9.17) is 9.47 Å². The van der Waals surface area contributed by atoms with Crippen LogP contribution in [0, 0.1) is 0 Å². The largest absolute Gasteiger partial charge is 0.468 e. The molecule has 0 aliphatic carbocycles. The predicted octanol–water partition coefficient (Wildman–Crippen LogP) is 1.32. The summed E-state index contributed by atoms with van der Waals surface area (Å²) in [5, 5.41) is 2.94. The highest BCUT2D eigenvalue weighted by atomic mass is 16.7. The van der Waals surface area contributed by atoms with E-state index < -0.39 is 5.79 Å². The number of hydrogen-bond donors (Lipinski definition) is 1. The normalized spacial score (nSPS) is 27.9. The Hall–Kier alpha value is -0.650. The second-order valence-corrected chi connectivity index (χ2v) is 3.88.